The Balaban J connectivity index is 1.88. The molecule has 4 heteroatoms. The van der Waals surface area contributed by atoms with Crippen LogP contribution in [-0.2, 0) is 0 Å². The molecule has 0 spiro atoms. The van der Waals surface area contributed by atoms with E-state index in [-0.39, 0.29) is 0 Å². The first-order valence-corrected chi connectivity index (χ1v) is 5.42. The van der Waals surface area contributed by atoms with Gasteiger partial charge in [0.1, 0.15) is 0 Å². The SMILES string of the molecule is [NH]CCN1CCN(c2ccncc2)CC1. The first-order chi connectivity index (χ1) is 7.40. The summed E-state index contributed by atoms with van der Waals surface area (Å²) in [6.45, 7) is 5.68. The maximum absolute atomic E-state index is 7.19. The Kier molecular flexibility index (Phi) is 3.53. The molecule has 0 saturated carbocycles. The lowest BCUT2D eigenvalue weighted by molar-refractivity contribution is 0.264. The Bertz CT molecular complexity index is 280. The van der Waals surface area contributed by atoms with Gasteiger partial charge in [-0.25, -0.2) is 0 Å². The van der Waals surface area contributed by atoms with Gasteiger partial charge < -0.3 is 4.90 Å². The van der Waals surface area contributed by atoms with Crippen LogP contribution < -0.4 is 10.6 Å². The van der Waals surface area contributed by atoms with Crippen molar-refractivity contribution in [2.75, 3.05) is 44.2 Å². The van der Waals surface area contributed by atoms with Gasteiger partial charge in [-0.1, -0.05) is 0 Å². The smallest absolute Gasteiger partial charge is 0.0397 e. The third-order valence-electron chi connectivity index (χ3n) is 2.83. The molecule has 15 heavy (non-hydrogen) atoms. The minimum absolute atomic E-state index is 0.509. The zero-order valence-electron chi connectivity index (χ0n) is 8.89. The third-order valence-corrected chi connectivity index (χ3v) is 2.83. The second-order valence-electron chi connectivity index (χ2n) is 3.78. The van der Waals surface area contributed by atoms with Crippen molar-refractivity contribution in [1.82, 2.24) is 15.6 Å². The Labute approximate surface area is 90.7 Å². The maximum atomic E-state index is 7.19. The lowest BCUT2D eigenvalue weighted by atomic mass is 10.2. The van der Waals surface area contributed by atoms with E-state index in [9.17, 15) is 0 Å². The van der Waals surface area contributed by atoms with Crippen LogP contribution in [0.2, 0.25) is 0 Å². The van der Waals surface area contributed by atoms with Crippen molar-refractivity contribution in [3.8, 4) is 0 Å². The maximum Gasteiger partial charge on any atom is 0.0397 e. The summed E-state index contributed by atoms with van der Waals surface area (Å²) in [6.07, 6.45) is 3.68. The average Bonchev–Trinajstić information content (AvgIpc) is 2.32. The summed E-state index contributed by atoms with van der Waals surface area (Å²) in [7, 11) is 0. The van der Waals surface area contributed by atoms with Crippen LogP contribution >= 0.6 is 0 Å². The molecule has 2 rings (SSSR count). The minimum Gasteiger partial charge on any atom is -0.369 e. The quantitative estimate of drug-likeness (QED) is 0.721. The van der Waals surface area contributed by atoms with Gasteiger partial charge in [0, 0.05) is 57.3 Å². The van der Waals surface area contributed by atoms with Crippen LogP contribution in [0.1, 0.15) is 0 Å². The van der Waals surface area contributed by atoms with Gasteiger partial charge in [-0.15, -0.1) is 0 Å². The Morgan fingerprint density at radius 1 is 1.13 bits per heavy atom. The molecule has 0 aromatic carbocycles. The van der Waals surface area contributed by atoms with Crippen molar-refractivity contribution in [3.05, 3.63) is 24.5 Å². The molecule has 1 radical (unpaired) electrons. The monoisotopic (exact) mass is 205 g/mol. The van der Waals surface area contributed by atoms with Gasteiger partial charge >= 0.3 is 0 Å². The number of nitrogens with one attached hydrogen (secondary N) is 1. The number of anilines is 1. The number of hydrogen-bond acceptors (Lipinski definition) is 3. The van der Waals surface area contributed by atoms with Gasteiger partial charge in [-0.05, 0) is 12.1 Å². The lowest BCUT2D eigenvalue weighted by Crippen LogP contribution is -2.47. The van der Waals surface area contributed by atoms with Crippen LogP contribution in [0, 0.1) is 0 Å². The van der Waals surface area contributed by atoms with Crippen molar-refractivity contribution in [3.63, 3.8) is 0 Å². The van der Waals surface area contributed by atoms with E-state index in [2.05, 4.69) is 26.9 Å². The fourth-order valence-corrected chi connectivity index (χ4v) is 1.94. The Morgan fingerprint density at radius 2 is 1.80 bits per heavy atom. The summed E-state index contributed by atoms with van der Waals surface area (Å²) in [5.74, 6) is 0. The predicted octanol–water partition coefficient (Wildman–Crippen LogP) is 0.486. The van der Waals surface area contributed by atoms with Gasteiger partial charge in [0.15, 0.2) is 0 Å². The molecule has 1 aliphatic heterocycles. The molecule has 1 fully saturated rings. The van der Waals surface area contributed by atoms with Crippen LogP contribution in [0.5, 0.6) is 0 Å². The summed E-state index contributed by atoms with van der Waals surface area (Å²) >= 11 is 0. The van der Waals surface area contributed by atoms with E-state index in [1.54, 1.807) is 0 Å². The Hall–Kier alpha value is -1.13. The molecule has 0 bridgehead atoms. The molecule has 1 aromatic heterocycles. The van der Waals surface area contributed by atoms with Crippen LogP contribution in [0.4, 0.5) is 5.69 Å². The number of pyridine rings is 1. The van der Waals surface area contributed by atoms with Crippen molar-refractivity contribution in [2.24, 2.45) is 0 Å². The molecule has 2 heterocycles. The third kappa shape index (κ3) is 2.67. The fourth-order valence-electron chi connectivity index (χ4n) is 1.94. The van der Waals surface area contributed by atoms with Gasteiger partial charge in [0.05, 0.1) is 0 Å². The molecule has 1 N–H and O–H groups in total. The number of piperazine rings is 1. The van der Waals surface area contributed by atoms with E-state index >= 15 is 0 Å². The van der Waals surface area contributed by atoms with Crippen molar-refractivity contribution in [2.45, 2.75) is 0 Å². The minimum atomic E-state index is 0.509. The van der Waals surface area contributed by atoms with E-state index in [0.29, 0.717) is 6.54 Å². The highest BCUT2D eigenvalue weighted by molar-refractivity contribution is 5.44. The second-order valence-corrected chi connectivity index (χ2v) is 3.78. The van der Waals surface area contributed by atoms with Crippen LogP contribution in [0.25, 0.3) is 0 Å². The van der Waals surface area contributed by atoms with Crippen LogP contribution in [0.3, 0.4) is 0 Å². The normalized spacial score (nSPS) is 18.1. The Morgan fingerprint density at radius 3 is 2.40 bits per heavy atom. The summed E-state index contributed by atoms with van der Waals surface area (Å²) in [4.78, 5) is 8.75. The van der Waals surface area contributed by atoms with Crippen LogP contribution in [0.15, 0.2) is 24.5 Å². The van der Waals surface area contributed by atoms with E-state index < -0.39 is 0 Å². The number of rotatable bonds is 3. The molecule has 1 aromatic rings. The largest absolute Gasteiger partial charge is 0.369 e. The molecule has 1 saturated heterocycles. The molecular formula is C11H17N4. The summed E-state index contributed by atoms with van der Waals surface area (Å²) in [5, 5.41) is 0. The molecule has 81 valence electrons. The van der Waals surface area contributed by atoms with E-state index in [1.807, 2.05) is 12.4 Å². The molecular weight excluding hydrogens is 188 g/mol. The van der Waals surface area contributed by atoms with Gasteiger partial charge in [0.2, 0.25) is 0 Å². The molecule has 0 amide bonds. The standard InChI is InChI=1S/C11H17N4/c12-3-6-14-7-9-15(10-8-14)11-1-4-13-5-2-11/h1-2,4-5,12H,3,6-10H2. The number of hydrogen-bond donors (Lipinski definition) is 0. The van der Waals surface area contributed by atoms with E-state index in [0.717, 1.165) is 32.7 Å². The summed E-state index contributed by atoms with van der Waals surface area (Å²) in [6, 6.07) is 4.11. The van der Waals surface area contributed by atoms with Crippen LogP contribution in [-0.4, -0.2) is 49.2 Å². The van der Waals surface area contributed by atoms with Gasteiger partial charge in [-0.3, -0.25) is 15.6 Å². The van der Waals surface area contributed by atoms with E-state index in [1.165, 1.54) is 5.69 Å². The number of aromatic nitrogens is 1. The predicted molar refractivity (Wildman–Crippen MR) is 60.9 cm³/mol. The van der Waals surface area contributed by atoms with Crippen molar-refractivity contribution in [1.29, 1.82) is 0 Å². The van der Waals surface area contributed by atoms with Crippen molar-refractivity contribution >= 4 is 5.69 Å². The molecule has 0 atom stereocenters. The summed E-state index contributed by atoms with van der Waals surface area (Å²) in [5.41, 5.74) is 8.45. The first-order valence-electron chi connectivity index (χ1n) is 5.42. The van der Waals surface area contributed by atoms with Gasteiger partial charge in [0.25, 0.3) is 0 Å². The summed E-state index contributed by atoms with van der Waals surface area (Å²) < 4.78 is 0. The van der Waals surface area contributed by atoms with Crippen molar-refractivity contribution < 1.29 is 0 Å². The highest BCUT2D eigenvalue weighted by atomic mass is 15.3. The average molecular weight is 205 g/mol. The van der Waals surface area contributed by atoms with Gasteiger partial charge in [-0.2, -0.15) is 0 Å². The zero-order chi connectivity index (χ0) is 10.5. The highest BCUT2D eigenvalue weighted by Gasteiger charge is 2.15. The van der Waals surface area contributed by atoms with E-state index in [4.69, 9.17) is 5.73 Å². The lowest BCUT2D eigenvalue weighted by Gasteiger charge is -2.35. The zero-order valence-corrected chi connectivity index (χ0v) is 8.89. The molecule has 4 nitrogen and oxygen atoms in total. The fraction of sp³-hybridized carbons (Fsp3) is 0.545. The molecule has 1 aliphatic rings. The second kappa shape index (κ2) is 5.09. The molecule has 0 aliphatic carbocycles. The number of nitrogens with zero attached hydrogens (tertiary/aromatic N) is 3. The first kappa shape index (κ1) is 10.4. The highest BCUT2D eigenvalue weighted by Crippen LogP contribution is 2.14. The topological polar surface area (TPSA) is 43.2 Å². The molecule has 0 unspecified atom stereocenters.